The second kappa shape index (κ2) is 8.15. The lowest BCUT2D eigenvalue weighted by Gasteiger charge is -2.28. The molecule has 0 saturated carbocycles. The van der Waals surface area contributed by atoms with Crippen molar-refractivity contribution in [1.29, 1.82) is 0 Å². The van der Waals surface area contributed by atoms with Crippen LogP contribution in [0.15, 0.2) is 24.3 Å². The Labute approximate surface area is 164 Å². The summed E-state index contributed by atoms with van der Waals surface area (Å²) in [6.45, 7) is 1.11. The molecule has 0 N–H and O–H groups in total. The monoisotopic (exact) mass is 439 g/mol. The van der Waals surface area contributed by atoms with E-state index in [4.69, 9.17) is 11.6 Å². The molecule has 0 aromatic heterocycles. The van der Waals surface area contributed by atoms with Crippen molar-refractivity contribution in [1.82, 2.24) is 0 Å². The van der Waals surface area contributed by atoms with E-state index in [9.17, 15) is 42.2 Å². The van der Waals surface area contributed by atoms with Gasteiger partial charge in [0.15, 0.2) is 5.82 Å². The Balaban J connectivity index is 2.98. The maximum Gasteiger partial charge on any atom is 0.418 e. The molecule has 29 heavy (non-hydrogen) atoms. The molecule has 0 unspecified atom stereocenters. The van der Waals surface area contributed by atoms with Crippen LogP contribution in [0.1, 0.15) is 18.9 Å². The lowest BCUT2D eigenvalue weighted by molar-refractivity contribution is -0.394. The van der Waals surface area contributed by atoms with Crippen molar-refractivity contribution in [3.05, 3.63) is 66.7 Å². The van der Waals surface area contributed by atoms with E-state index in [1.807, 2.05) is 0 Å². The van der Waals surface area contributed by atoms with E-state index in [1.54, 1.807) is 0 Å². The van der Waals surface area contributed by atoms with Crippen molar-refractivity contribution in [2.75, 3.05) is 11.4 Å². The molecular weight excluding hydrogens is 429 g/mol. The van der Waals surface area contributed by atoms with Crippen LogP contribution in [0, 0.1) is 31.9 Å². The third kappa shape index (κ3) is 4.53. The van der Waals surface area contributed by atoms with Crippen molar-refractivity contribution >= 4 is 34.4 Å². The fraction of sp³-hybridized carbons (Fsp3) is 0.250. The van der Waals surface area contributed by atoms with Gasteiger partial charge < -0.3 is 4.90 Å². The molecule has 7 nitrogen and oxygen atoms in total. The Morgan fingerprint density at radius 3 is 2.10 bits per heavy atom. The molecule has 2 aromatic rings. The number of nitro groups is 2. The van der Waals surface area contributed by atoms with E-state index in [2.05, 4.69) is 0 Å². The van der Waals surface area contributed by atoms with E-state index in [-0.39, 0.29) is 19.0 Å². The summed E-state index contributed by atoms with van der Waals surface area (Å²) in [6, 6.07) is 1.43. The molecule has 0 fully saturated rings. The smallest absolute Gasteiger partial charge is 0.332 e. The van der Waals surface area contributed by atoms with Crippen LogP contribution < -0.4 is 4.90 Å². The maximum absolute atomic E-state index is 14.4. The van der Waals surface area contributed by atoms with Crippen molar-refractivity contribution < 1.29 is 31.8 Å². The van der Waals surface area contributed by atoms with Crippen LogP contribution in [0.4, 0.5) is 44.7 Å². The Morgan fingerprint density at radius 2 is 1.66 bits per heavy atom. The summed E-state index contributed by atoms with van der Waals surface area (Å²) >= 11 is 5.81. The standard InChI is InChI=1S/C16H11ClF5N3O4/c1-2-3-23(15-11(17)4-8(18)5-12(15)19)14-10(16(20,21)22)6-9(24(26)27)7-13(14)25(28)29/h4-7H,2-3H2,1H3. The zero-order valence-corrected chi connectivity index (χ0v) is 15.2. The van der Waals surface area contributed by atoms with Crippen LogP contribution in [0.25, 0.3) is 0 Å². The van der Waals surface area contributed by atoms with Crippen LogP contribution >= 0.6 is 11.6 Å². The van der Waals surface area contributed by atoms with Crippen molar-refractivity contribution in [2.45, 2.75) is 19.5 Å². The molecule has 0 aliphatic carbocycles. The first-order chi connectivity index (χ1) is 13.4. The summed E-state index contributed by atoms with van der Waals surface area (Å²) in [5.41, 5.74) is -6.04. The number of nitro benzene ring substituents is 2. The van der Waals surface area contributed by atoms with Crippen LogP contribution in [0.2, 0.25) is 5.02 Å². The number of hydrogen-bond donors (Lipinski definition) is 0. The second-order valence-electron chi connectivity index (χ2n) is 5.74. The quantitative estimate of drug-likeness (QED) is 0.313. The van der Waals surface area contributed by atoms with Gasteiger partial charge in [-0.05, 0) is 12.5 Å². The van der Waals surface area contributed by atoms with Gasteiger partial charge in [-0.3, -0.25) is 20.2 Å². The number of anilines is 2. The van der Waals surface area contributed by atoms with E-state index < -0.39 is 61.0 Å². The normalized spacial score (nSPS) is 11.4. The highest BCUT2D eigenvalue weighted by molar-refractivity contribution is 6.33. The Kier molecular flexibility index (Phi) is 6.26. The SMILES string of the molecule is CCCN(c1c(F)cc(F)cc1Cl)c1c([N+](=O)[O-])cc([N+](=O)[O-])cc1C(F)(F)F. The fourth-order valence-electron chi connectivity index (χ4n) is 2.70. The van der Waals surface area contributed by atoms with Crippen LogP contribution in [0.3, 0.4) is 0 Å². The Bertz CT molecular complexity index is 961. The van der Waals surface area contributed by atoms with Crippen molar-refractivity contribution in [3.63, 3.8) is 0 Å². The topological polar surface area (TPSA) is 89.5 Å². The van der Waals surface area contributed by atoms with Gasteiger partial charge in [-0.25, -0.2) is 8.78 Å². The third-order valence-electron chi connectivity index (χ3n) is 3.76. The predicted molar refractivity (Wildman–Crippen MR) is 93.4 cm³/mol. The molecule has 156 valence electrons. The molecule has 0 spiro atoms. The van der Waals surface area contributed by atoms with E-state index in [0.717, 1.165) is 0 Å². The molecule has 13 heteroatoms. The highest BCUT2D eigenvalue weighted by atomic mass is 35.5. The number of non-ortho nitro benzene ring substituents is 1. The molecule has 2 rings (SSSR count). The van der Waals surface area contributed by atoms with Gasteiger partial charge in [0.2, 0.25) is 0 Å². The fourth-order valence-corrected chi connectivity index (χ4v) is 3.00. The number of halogens is 6. The van der Waals surface area contributed by atoms with Crippen molar-refractivity contribution in [3.8, 4) is 0 Å². The average molecular weight is 440 g/mol. The summed E-state index contributed by atoms with van der Waals surface area (Å²) in [7, 11) is 0. The van der Waals surface area contributed by atoms with E-state index >= 15 is 0 Å². The van der Waals surface area contributed by atoms with Crippen LogP contribution in [-0.2, 0) is 6.18 Å². The lowest BCUT2D eigenvalue weighted by Crippen LogP contribution is -2.25. The van der Waals surface area contributed by atoms with Gasteiger partial charge in [0.05, 0.1) is 32.2 Å². The summed E-state index contributed by atoms with van der Waals surface area (Å²) in [4.78, 5) is 20.5. The second-order valence-corrected chi connectivity index (χ2v) is 6.15. The zero-order chi connectivity index (χ0) is 22.1. The summed E-state index contributed by atoms with van der Waals surface area (Å²) in [5, 5.41) is 21.8. The Morgan fingerprint density at radius 1 is 1.03 bits per heavy atom. The molecular formula is C16H11ClF5N3O4. The van der Waals surface area contributed by atoms with Gasteiger partial charge in [-0.15, -0.1) is 0 Å². The Hall–Kier alpha value is -3.02. The minimum absolute atomic E-state index is 0.0819. The molecule has 0 aliphatic rings. The van der Waals surface area contributed by atoms with Crippen LogP contribution in [-0.4, -0.2) is 16.4 Å². The average Bonchev–Trinajstić information content (AvgIpc) is 2.58. The minimum atomic E-state index is -5.26. The highest BCUT2D eigenvalue weighted by Crippen LogP contribution is 2.48. The minimum Gasteiger partial charge on any atom is -0.332 e. The largest absolute Gasteiger partial charge is 0.418 e. The number of rotatable bonds is 6. The van der Waals surface area contributed by atoms with E-state index in [1.165, 1.54) is 6.92 Å². The molecule has 0 amide bonds. The van der Waals surface area contributed by atoms with Crippen molar-refractivity contribution in [2.24, 2.45) is 0 Å². The molecule has 0 bridgehead atoms. The molecule has 0 aliphatic heterocycles. The van der Waals surface area contributed by atoms with Gasteiger partial charge >= 0.3 is 6.18 Å². The van der Waals surface area contributed by atoms with Gasteiger partial charge in [-0.1, -0.05) is 18.5 Å². The summed E-state index contributed by atoms with van der Waals surface area (Å²) < 4.78 is 68.8. The zero-order valence-electron chi connectivity index (χ0n) is 14.5. The lowest BCUT2D eigenvalue weighted by atomic mass is 10.1. The molecule has 0 radical (unpaired) electrons. The number of benzene rings is 2. The number of alkyl halides is 3. The molecule has 2 aromatic carbocycles. The van der Waals surface area contributed by atoms with Gasteiger partial charge in [0, 0.05) is 18.7 Å². The molecule has 0 saturated heterocycles. The third-order valence-corrected chi connectivity index (χ3v) is 4.04. The first-order valence-electron chi connectivity index (χ1n) is 7.84. The predicted octanol–water partition coefficient (Wildman–Crippen LogP) is 6.00. The first kappa shape index (κ1) is 22.3. The van der Waals surface area contributed by atoms with Gasteiger partial charge in [-0.2, -0.15) is 13.2 Å². The van der Waals surface area contributed by atoms with E-state index in [0.29, 0.717) is 23.1 Å². The summed E-state index contributed by atoms with van der Waals surface area (Å²) in [5.74, 6) is -2.47. The molecule has 0 atom stereocenters. The van der Waals surface area contributed by atoms with Crippen LogP contribution in [0.5, 0.6) is 0 Å². The summed E-state index contributed by atoms with van der Waals surface area (Å²) in [6.07, 6.45) is -5.18. The number of hydrogen-bond acceptors (Lipinski definition) is 5. The highest BCUT2D eigenvalue weighted by Gasteiger charge is 2.42. The van der Waals surface area contributed by atoms with Gasteiger partial charge in [0.1, 0.15) is 11.5 Å². The maximum atomic E-state index is 14.4. The molecule has 0 heterocycles. The first-order valence-corrected chi connectivity index (χ1v) is 8.22. The number of nitrogens with zero attached hydrogens (tertiary/aromatic N) is 3. The van der Waals surface area contributed by atoms with Gasteiger partial charge in [0.25, 0.3) is 11.4 Å².